The highest BCUT2D eigenvalue weighted by Gasteiger charge is 2.37. The molecule has 0 N–H and O–H groups in total. The first-order valence-electron chi connectivity index (χ1n) is 6.40. The van der Waals surface area contributed by atoms with Gasteiger partial charge in [0.25, 0.3) is 0 Å². The third kappa shape index (κ3) is 2.13. The zero-order valence-electron chi connectivity index (χ0n) is 10.1. The van der Waals surface area contributed by atoms with E-state index in [0.717, 1.165) is 23.4 Å². The van der Waals surface area contributed by atoms with Crippen LogP contribution in [-0.4, -0.2) is 30.1 Å². The van der Waals surface area contributed by atoms with Crippen molar-refractivity contribution in [2.75, 3.05) is 13.2 Å². The molecule has 1 aromatic rings. The summed E-state index contributed by atoms with van der Waals surface area (Å²) < 4.78 is 5.66. The van der Waals surface area contributed by atoms with E-state index in [4.69, 9.17) is 16.3 Å². The molecule has 0 bridgehead atoms. The van der Waals surface area contributed by atoms with Crippen molar-refractivity contribution in [3.8, 4) is 0 Å². The Morgan fingerprint density at radius 3 is 2.78 bits per heavy atom. The third-order valence-corrected chi connectivity index (χ3v) is 4.04. The zero-order chi connectivity index (χ0) is 12.5. The number of halogens is 1. The Kier molecular flexibility index (Phi) is 3.27. The lowest BCUT2D eigenvalue weighted by molar-refractivity contribution is -0.151. The van der Waals surface area contributed by atoms with Gasteiger partial charge in [0.2, 0.25) is 5.91 Å². The van der Waals surface area contributed by atoms with Gasteiger partial charge in [-0.25, -0.2) is 0 Å². The molecule has 2 aliphatic heterocycles. The van der Waals surface area contributed by atoms with E-state index in [0.29, 0.717) is 19.6 Å². The number of hydrogen-bond acceptors (Lipinski definition) is 2. The van der Waals surface area contributed by atoms with Crippen molar-refractivity contribution in [1.82, 2.24) is 4.90 Å². The maximum atomic E-state index is 12.1. The molecule has 2 fully saturated rings. The van der Waals surface area contributed by atoms with Crippen LogP contribution in [0.1, 0.15) is 30.9 Å². The minimum Gasteiger partial charge on any atom is -0.377 e. The standard InChI is InChI=1S/C14H16ClNO2/c15-11-6-4-10(5-7-11)13-9-18-8-12-2-1-3-14(17)16(12)13/h4-7,12-13H,1-3,8-9H2/t12-,13-/m0/s1. The minimum atomic E-state index is 0.0498. The van der Waals surface area contributed by atoms with Gasteiger partial charge in [-0.15, -0.1) is 0 Å². The van der Waals surface area contributed by atoms with Crippen LogP contribution >= 0.6 is 11.6 Å². The molecule has 0 aliphatic carbocycles. The van der Waals surface area contributed by atoms with Gasteiger partial charge in [0.05, 0.1) is 25.3 Å². The maximum Gasteiger partial charge on any atom is 0.223 e. The second kappa shape index (κ2) is 4.90. The molecule has 2 aliphatic rings. The van der Waals surface area contributed by atoms with Gasteiger partial charge in [-0.3, -0.25) is 4.79 Å². The summed E-state index contributed by atoms with van der Waals surface area (Å²) in [5, 5.41) is 0.719. The lowest BCUT2D eigenvalue weighted by atomic mass is 9.95. The quantitative estimate of drug-likeness (QED) is 0.781. The maximum absolute atomic E-state index is 12.1. The predicted molar refractivity (Wildman–Crippen MR) is 69.5 cm³/mol. The Morgan fingerprint density at radius 1 is 1.22 bits per heavy atom. The van der Waals surface area contributed by atoms with Crippen LogP contribution in [0.4, 0.5) is 0 Å². The fourth-order valence-electron chi connectivity index (χ4n) is 2.89. The van der Waals surface area contributed by atoms with E-state index < -0.39 is 0 Å². The van der Waals surface area contributed by atoms with E-state index in [1.807, 2.05) is 29.2 Å². The average Bonchev–Trinajstić information content (AvgIpc) is 2.39. The van der Waals surface area contributed by atoms with Gasteiger partial charge < -0.3 is 9.64 Å². The molecular weight excluding hydrogens is 250 g/mol. The van der Waals surface area contributed by atoms with Crippen LogP contribution in [0, 0.1) is 0 Å². The lowest BCUT2D eigenvalue weighted by Crippen LogP contribution is -2.52. The molecule has 0 saturated carbocycles. The zero-order valence-corrected chi connectivity index (χ0v) is 10.9. The molecule has 0 radical (unpaired) electrons. The number of carbonyl (C=O) groups is 1. The Morgan fingerprint density at radius 2 is 2.00 bits per heavy atom. The summed E-state index contributed by atoms with van der Waals surface area (Å²) in [6.45, 7) is 1.26. The van der Waals surface area contributed by atoms with Gasteiger partial charge in [-0.2, -0.15) is 0 Å². The number of rotatable bonds is 1. The monoisotopic (exact) mass is 265 g/mol. The predicted octanol–water partition coefficient (Wildman–Crippen LogP) is 2.79. The number of amides is 1. The number of nitrogens with zero attached hydrogens (tertiary/aromatic N) is 1. The summed E-state index contributed by atoms with van der Waals surface area (Å²) >= 11 is 5.90. The second-order valence-corrected chi connectivity index (χ2v) is 5.39. The van der Waals surface area contributed by atoms with Crippen molar-refractivity contribution in [3.05, 3.63) is 34.9 Å². The number of benzene rings is 1. The van der Waals surface area contributed by atoms with Crippen molar-refractivity contribution in [3.63, 3.8) is 0 Å². The summed E-state index contributed by atoms with van der Waals surface area (Å²) in [5.74, 6) is 0.259. The van der Waals surface area contributed by atoms with Crippen molar-refractivity contribution >= 4 is 17.5 Å². The van der Waals surface area contributed by atoms with Crippen LogP contribution in [0.3, 0.4) is 0 Å². The molecular formula is C14H16ClNO2. The fourth-order valence-corrected chi connectivity index (χ4v) is 3.02. The highest BCUT2D eigenvalue weighted by molar-refractivity contribution is 6.30. The molecule has 2 saturated heterocycles. The first-order chi connectivity index (χ1) is 8.75. The van der Waals surface area contributed by atoms with Crippen molar-refractivity contribution in [2.45, 2.75) is 31.3 Å². The summed E-state index contributed by atoms with van der Waals surface area (Å²) in [6.07, 6.45) is 2.70. The van der Waals surface area contributed by atoms with E-state index in [9.17, 15) is 4.79 Å². The molecule has 3 nitrogen and oxygen atoms in total. The number of carbonyl (C=O) groups excluding carboxylic acids is 1. The SMILES string of the molecule is O=C1CCC[C@H]2COC[C@@H](c3ccc(Cl)cc3)N12. The fraction of sp³-hybridized carbons (Fsp3) is 0.500. The van der Waals surface area contributed by atoms with E-state index >= 15 is 0 Å². The largest absolute Gasteiger partial charge is 0.377 e. The first-order valence-corrected chi connectivity index (χ1v) is 6.78. The smallest absolute Gasteiger partial charge is 0.223 e. The number of ether oxygens (including phenoxy) is 1. The molecule has 3 rings (SSSR count). The second-order valence-electron chi connectivity index (χ2n) is 4.95. The number of morpholine rings is 1. The third-order valence-electron chi connectivity index (χ3n) is 3.79. The van der Waals surface area contributed by atoms with Crippen LogP contribution < -0.4 is 0 Å². The van der Waals surface area contributed by atoms with Crippen LogP contribution in [-0.2, 0) is 9.53 Å². The van der Waals surface area contributed by atoms with Crippen LogP contribution in [0.2, 0.25) is 5.02 Å². The van der Waals surface area contributed by atoms with Crippen molar-refractivity contribution < 1.29 is 9.53 Å². The Balaban J connectivity index is 1.89. The molecule has 0 aromatic heterocycles. The minimum absolute atomic E-state index is 0.0498. The normalized spacial score (nSPS) is 28.1. The Bertz CT molecular complexity index is 444. The van der Waals surface area contributed by atoms with Gasteiger partial charge in [0.15, 0.2) is 0 Å². The number of hydrogen-bond donors (Lipinski definition) is 0. The summed E-state index contributed by atoms with van der Waals surface area (Å²) in [6, 6.07) is 8.01. The molecule has 18 heavy (non-hydrogen) atoms. The molecule has 2 heterocycles. The highest BCUT2D eigenvalue weighted by Crippen LogP contribution is 2.33. The van der Waals surface area contributed by atoms with Crippen LogP contribution in [0.5, 0.6) is 0 Å². The molecule has 96 valence electrons. The van der Waals surface area contributed by atoms with Crippen molar-refractivity contribution in [2.24, 2.45) is 0 Å². The van der Waals surface area contributed by atoms with Crippen molar-refractivity contribution in [1.29, 1.82) is 0 Å². The molecule has 4 heteroatoms. The number of fused-ring (bicyclic) bond motifs is 1. The average molecular weight is 266 g/mol. The molecule has 1 amide bonds. The highest BCUT2D eigenvalue weighted by atomic mass is 35.5. The van der Waals surface area contributed by atoms with E-state index in [1.165, 1.54) is 0 Å². The summed E-state index contributed by atoms with van der Waals surface area (Å²) in [5.41, 5.74) is 1.11. The van der Waals surface area contributed by atoms with Gasteiger partial charge in [-0.1, -0.05) is 23.7 Å². The topological polar surface area (TPSA) is 29.5 Å². The lowest BCUT2D eigenvalue weighted by Gasteiger charge is -2.44. The summed E-state index contributed by atoms with van der Waals surface area (Å²) in [4.78, 5) is 14.1. The van der Waals surface area contributed by atoms with Crippen LogP contribution in [0.25, 0.3) is 0 Å². The van der Waals surface area contributed by atoms with Gasteiger partial charge >= 0.3 is 0 Å². The molecule has 0 unspecified atom stereocenters. The van der Waals surface area contributed by atoms with E-state index in [-0.39, 0.29) is 18.0 Å². The summed E-state index contributed by atoms with van der Waals surface area (Å²) in [7, 11) is 0. The van der Waals surface area contributed by atoms with Crippen LogP contribution in [0.15, 0.2) is 24.3 Å². The van der Waals surface area contributed by atoms with E-state index in [2.05, 4.69) is 0 Å². The number of piperidine rings is 1. The molecule has 0 spiro atoms. The van der Waals surface area contributed by atoms with Gasteiger partial charge in [-0.05, 0) is 30.5 Å². The van der Waals surface area contributed by atoms with Gasteiger partial charge in [0, 0.05) is 11.4 Å². The first kappa shape index (κ1) is 12.0. The Labute approximate surface area is 112 Å². The van der Waals surface area contributed by atoms with Gasteiger partial charge in [0.1, 0.15) is 0 Å². The van der Waals surface area contributed by atoms with E-state index in [1.54, 1.807) is 0 Å². The molecule has 2 atom stereocenters. The Hall–Kier alpha value is -1.06. The molecule has 1 aromatic carbocycles.